The minimum atomic E-state index is -4.46. The molecule has 5 nitrogen and oxygen atoms in total. The van der Waals surface area contributed by atoms with Crippen LogP contribution in [0.15, 0.2) is 66.7 Å². The smallest absolute Gasteiger partial charge is 0.346 e. The molecule has 1 saturated heterocycles. The molecule has 2 heterocycles. The van der Waals surface area contributed by atoms with Gasteiger partial charge in [0.2, 0.25) is 5.91 Å². The Bertz CT molecular complexity index is 1450. The Kier molecular flexibility index (Phi) is 7.60. The summed E-state index contributed by atoms with van der Waals surface area (Å²) in [5.74, 6) is -1.19. The molecule has 0 radical (unpaired) electrons. The maximum Gasteiger partial charge on any atom is 0.405 e. The van der Waals surface area contributed by atoms with E-state index < -0.39 is 24.5 Å². The molecule has 6 rings (SSSR count). The van der Waals surface area contributed by atoms with Crippen molar-refractivity contribution in [2.75, 3.05) is 26.2 Å². The molecule has 3 aromatic carbocycles. The van der Waals surface area contributed by atoms with Gasteiger partial charge in [-0.25, -0.2) is 0 Å². The summed E-state index contributed by atoms with van der Waals surface area (Å²) < 4.78 is 38.6. The zero-order valence-corrected chi connectivity index (χ0v) is 22.9. The fourth-order valence-corrected chi connectivity index (χ4v) is 6.80. The third kappa shape index (κ3) is 5.62. The fourth-order valence-electron chi connectivity index (χ4n) is 6.80. The Balaban J connectivity index is 1.04. The summed E-state index contributed by atoms with van der Waals surface area (Å²) in [6.07, 6.45) is 0.151. The van der Waals surface area contributed by atoms with Gasteiger partial charge in [-0.3, -0.25) is 9.59 Å². The number of halogens is 3. The number of fused-ring (bicyclic) bond motifs is 4. The number of amides is 2. The molecule has 1 fully saturated rings. The van der Waals surface area contributed by atoms with Gasteiger partial charge in [0.25, 0.3) is 5.91 Å². The van der Waals surface area contributed by atoms with Crippen LogP contribution in [0, 0.1) is 0 Å². The number of aryl methyl sites for hydroxylation is 1. The van der Waals surface area contributed by atoms with Crippen molar-refractivity contribution in [2.24, 2.45) is 0 Å². The molecule has 8 heteroatoms. The van der Waals surface area contributed by atoms with E-state index in [2.05, 4.69) is 10.2 Å². The molecule has 2 amide bonds. The molecular weight excluding hydrogens is 527 g/mol. The molecule has 0 spiro atoms. The van der Waals surface area contributed by atoms with E-state index in [4.69, 9.17) is 0 Å². The summed E-state index contributed by atoms with van der Waals surface area (Å²) >= 11 is 0. The lowest BCUT2D eigenvalue weighted by atomic mass is 9.90. The van der Waals surface area contributed by atoms with Crippen molar-refractivity contribution in [3.8, 4) is 11.1 Å². The van der Waals surface area contributed by atoms with Crippen molar-refractivity contribution >= 4 is 11.8 Å². The van der Waals surface area contributed by atoms with E-state index in [0.29, 0.717) is 6.54 Å². The Labute approximate surface area is 238 Å². The maximum atomic E-state index is 13.1. The number of hydrogen-bond donors (Lipinski definition) is 1. The van der Waals surface area contributed by atoms with Crippen LogP contribution in [-0.4, -0.2) is 60.0 Å². The predicted molar refractivity (Wildman–Crippen MR) is 152 cm³/mol. The summed E-state index contributed by atoms with van der Waals surface area (Å²) in [5.41, 5.74) is 6.44. The number of unbranched alkanes of at least 4 members (excludes halogenated alkanes) is 1. The van der Waals surface area contributed by atoms with Gasteiger partial charge in [0.1, 0.15) is 6.54 Å². The van der Waals surface area contributed by atoms with Crippen molar-refractivity contribution in [1.29, 1.82) is 0 Å². The average molecular weight is 562 g/mol. The van der Waals surface area contributed by atoms with Crippen LogP contribution < -0.4 is 5.32 Å². The van der Waals surface area contributed by atoms with Crippen LogP contribution >= 0.6 is 0 Å². The first-order chi connectivity index (χ1) is 19.8. The number of carbonyl (C=O) groups excluding carboxylic acids is 2. The second-order valence-corrected chi connectivity index (χ2v) is 11.4. The molecule has 41 heavy (non-hydrogen) atoms. The first kappa shape index (κ1) is 27.5. The van der Waals surface area contributed by atoms with Crippen LogP contribution in [-0.2, 0) is 17.8 Å². The monoisotopic (exact) mass is 561 g/mol. The van der Waals surface area contributed by atoms with Crippen LogP contribution in [0.5, 0.6) is 0 Å². The molecule has 2 aliphatic heterocycles. The lowest BCUT2D eigenvalue weighted by molar-refractivity contribution is -0.138. The topological polar surface area (TPSA) is 52.7 Å². The number of carbonyl (C=O) groups is 2. The Morgan fingerprint density at radius 2 is 1.59 bits per heavy atom. The summed E-state index contributed by atoms with van der Waals surface area (Å²) in [7, 11) is 0. The van der Waals surface area contributed by atoms with E-state index in [1.165, 1.54) is 0 Å². The van der Waals surface area contributed by atoms with Crippen molar-refractivity contribution in [3.63, 3.8) is 0 Å². The van der Waals surface area contributed by atoms with E-state index in [1.807, 2.05) is 71.6 Å². The summed E-state index contributed by atoms with van der Waals surface area (Å²) in [5, 5.41) is 2.12. The van der Waals surface area contributed by atoms with Crippen molar-refractivity contribution in [1.82, 2.24) is 15.1 Å². The molecule has 0 saturated carbocycles. The summed E-state index contributed by atoms with van der Waals surface area (Å²) in [6, 6.07) is 21.6. The third-order valence-electron chi connectivity index (χ3n) is 8.79. The number of rotatable bonds is 8. The first-order valence-electron chi connectivity index (χ1n) is 14.5. The fraction of sp³-hybridized carbons (Fsp3) is 0.394. The molecule has 1 unspecified atom stereocenters. The molecular formula is C33H34F3N3O2. The molecule has 1 aliphatic carbocycles. The summed E-state index contributed by atoms with van der Waals surface area (Å²) in [6.45, 7) is 2.26. The maximum absolute atomic E-state index is 13.1. The number of piperidine rings is 1. The number of nitrogens with one attached hydrogen (secondary N) is 1. The molecule has 1 atom stereocenters. The quantitative estimate of drug-likeness (QED) is 0.348. The number of nitrogens with zero attached hydrogens (tertiary/aromatic N) is 2. The Hall–Kier alpha value is -3.65. The van der Waals surface area contributed by atoms with Gasteiger partial charge in [-0.1, -0.05) is 60.7 Å². The van der Waals surface area contributed by atoms with Gasteiger partial charge < -0.3 is 15.1 Å². The first-order valence-corrected chi connectivity index (χ1v) is 14.5. The van der Waals surface area contributed by atoms with Crippen LogP contribution in [0.1, 0.15) is 64.2 Å². The predicted octanol–water partition coefficient (Wildman–Crippen LogP) is 5.92. The lowest BCUT2D eigenvalue weighted by Crippen LogP contribution is -2.45. The third-order valence-corrected chi connectivity index (χ3v) is 8.79. The van der Waals surface area contributed by atoms with Gasteiger partial charge in [-0.2, -0.15) is 13.2 Å². The van der Waals surface area contributed by atoms with Gasteiger partial charge in [0.15, 0.2) is 0 Å². The highest BCUT2D eigenvalue weighted by Crippen LogP contribution is 2.46. The second-order valence-electron chi connectivity index (χ2n) is 11.4. The second kappa shape index (κ2) is 11.3. The normalized spacial score (nSPS) is 18.8. The van der Waals surface area contributed by atoms with E-state index in [1.54, 1.807) is 0 Å². The van der Waals surface area contributed by atoms with Gasteiger partial charge in [0, 0.05) is 31.2 Å². The van der Waals surface area contributed by atoms with Crippen molar-refractivity contribution in [3.05, 3.63) is 94.5 Å². The Morgan fingerprint density at radius 1 is 0.878 bits per heavy atom. The van der Waals surface area contributed by atoms with E-state index in [9.17, 15) is 22.8 Å². The minimum Gasteiger partial charge on any atom is -0.346 e. The number of alkyl halides is 3. The van der Waals surface area contributed by atoms with E-state index in [-0.39, 0.29) is 11.9 Å². The van der Waals surface area contributed by atoms with Gasteiger partial charge in [-0.15, -0.1) is 0 Å². The van der Waals surface area contributed by atoms with Crippen LogP contribution in [0.4, 0.5) is 13.2 Å². The molecule has 0 bridgehead atoms. The largest absolute Gasteiger partial charge is 0.405 e. The highest BCUT2D eigenvalue weighted by molar-refractivity contribution is 5.98. The molecule has 3 aliphatic rings. The van der Waals surface area contributed by atoms with Crippen LogP contribution in [0.3, 0.4) is 0 Å². The zero-order chi connectivity index (χ0) is 28.6. The van der Waals surface area contributed by atoms with Crippen LogP contribution in [0.25, 0.3) is 11.1 Å². The van der Waals surface area contributed by atoms with Crippen molar-refractivity contribution in [2.45, 2.75) is 56.8 Å². The van der Waals surface area contributed by atoms with Gasteiger partial charge >= 0.3 is 6.18 Å². The van der Waals surface area contributed by atoms with Gasteiger partial charge in [0.05, 0.1) is 5.92 Å². The Morgan fingerprint density at radius 3 is 2.34 bits per heavy atom. The average Bonchev–Trinajstić information content (AvgIpc) is 3.50. The molecule has 0 aromatic heterocycles. The number of likely N-dealkylation sites (tertiary alicyclic amines) is 1. The molecule has 214 valence electrons. The standard InChI is InChI=1S/C33H34F3N3O2/c34-33(35,36)21-37-31(40)30-28-13-4-3-12-26(28)27-14-7-10-22(29(27)30)8-5-6-17-38-18-15-24(16-19-38)39-20-23-9-1-2-11-25(23)32(39)41/h1-4,7,9-14,24,30H,5-6,8,15-21H2,(H,37,40). The summed E-state index contributed by atoms with van der Waals surface area (Å²) in [4.78, 5) is 30.4. The van der Waals surface area contributed by atoms with Crippen molar-refractivity contribution < 1.29 is 22.8 Å². The minimum absolute atomic E-state index is 0.155. The van der Waals surface area contributed by atoms with E-state index in [0.717, 1.165) is 90.7 Å². The lowest BCUT2D eigenvalue weighted by Gasteiger charge is -2.36. The van der Waals surface area contributed by atoms with Gasteiger partial charge in [-0.05, 0) is 78.1 Å². The SMILES string of the molecule is O=C(NCC(F)(F)F)C1c2ccccc2-c2cccc(CCCCN3CCC(N4Cc5ccccc5C4=O)CC3)c21. The molecule has 1 N–H and O–H groups in total. The number of benzene rings is 3. The number of hydrogen-bond acceptors (Lipinski definition) is 3. The van der Waals surface area contributed by atoms with E-state index >= 15 is 0 Å². The highest BCUT2D eigenvalue weighted by Gasteiger charge is 2.38. The van der Waals surface area contributed by atoms with Crippen LogP contribution in [0.2, 0.25) is 0 Å². The highest BCUT2D eigenvalue weighted by atomic mass is 19.4. The zero-order valence-electron chi connectivity index (χ0n) is 22.9. The molecule has 3 aromatic rings.